The minimum Gasteiger partial charge on any atom is -0.338 e. The number of carbonyl (C=O) groups excluding carboxylic acids is 1. The van der Waals surface area contributed by atoms with Crippen molar-refractivity contribution in [3.8, 4) is 0 Å². The largest absolute Gasteiger partial charge is 0.435 e. The molecular weight excluding hydrogens is 535 g/mol. The third-order valence-electron chi connectivity index (χ3n) is 7.19. The van der Waals surface area contributed by atoms with Crippen LogP contribution < -0.4 is 10.2 Å². The van der Waals surface area contributed by atoms with Crippen LogP contribution in [0.15, 0.2) is 55.0 Å². The van der Waals surface area contributed by atoms with Gasteiger partial charge in [-0.15, -0.1) is 0 Å². The smallest absolute Gasteiger partial charge is 0.338 e. The van der Waals surface area contributed by atoms with Crippen molar-refractivity contribution in [2.45, 2.75) is 37.9 Å². The highest BCUT2D eigenvalue weighted by Crippen LogP contribution is 2.39. The van der Waals surface area contributed by atoms with Crippen LogP contribution >= 0.6 is 0 Å². The highest BCUT2D eigenvalue weighted by Gasteiger charge is 2.37. The number of hydrogen-bond donors (Lipinski definition) is 2. The summed E-state index contributed by atoms with van der Waals surface area (Å²) in [4.78, 5) is 33.1. The Kier molecular flexibility index (Phi) is 7.35. The average molecular weight is 564 g/mol. The fourth-order valence-electron chi connectivity index (χ4n) is 4.85. The molecule has 0 atom stereocenters. The molecule has 0 radical (unpaired) electrons. The Morgan fingerprint density at radius 1 is 0.927 bits per heavy atom. The number of anilines is 3. The van der Waals surface area contributed by atoms with Gasteiger partial charge in [0.15, 0.2) is 17.3 Å². The second-order valence-electron chi connectivity index (χ2n) is 10.3. The first-order chi connectivity index (χ1) is 19.8. The standard InChI is InChI=1S/C28H28F3N9O/c29-28(30,31)26-25(32-9-10-33-26)22(41)15-18-1-3-19(4-2-18)17-39-11-13-40(14-12-39)27-34-8-7-23(36-27)35-24-16-21(37-38-24)20-5-6-20/h1-4,7-10,16,20H,5-6,11-15,17H2,(H2,34,35,36,37,38). The highest BCUT2D eigenvalue weighted by molar-refractivity contribution is 5.96. The monoisotopic (exact) mass is 563 g/mol. The average Bonchev–Trinajstić information content (AvgIpc) is 3.72. The number of alkyl halides is 3. The molecule has 1 aromatic carbocycles. The zero-order valence-corrected chi connectivity index (χ0v) is 22.1. The molecule has 1 aliphatic carbocycles. The quantitative estimate of drug-likeness (QED) is 0.286. The lowest BCUT2D eigenvalue weighted by Crippen LogP contribution is -2.46. The molecule has 1 saturated heterocycles. The normalized spacial score (nSPS) is 16.1. The maximum atomic E-state index is 13.2. The SMILES string of the molecule is O=C(Cc1ccc(CN2CCN(c3nccc(Nc4cc(C5CC5)[nH]n4)n3)CC2)cc1)c1nccnc1C(F)(F)F. The zero-order valence-electron chi connectivity index (χ0n) is 22.1. The Morgan fingerprint density at radius 2 is 1.66 bits per heavy atom. The van der Waals surface area contributed by atoms with Crippen molar-refractivity contribution in [1.29, 1.82) is 0 Å². The number of nitrogens with zero attached hydrogens (tertiary/aromatic N) is 7. The number of rotatable bonds is 9. The number of hydrogen-bond acceptors (Lipinski definition) is 9. The highest BCUT2D eigenvalue weighted by atomic mass is 19.4. The third-order valence-corrected chi connectivity index (χ3v) is 7.19. The van der Waals surface area contributed by atoms with Gasteiger partial charge in [-0.05, 0) is 30.0 Å². The van der Waals surface area contributed by atoms with Gasteiger partial charge in [-0.1, -0.05) is 24.3 Å². The predicted octanol–water partition coefficient (Wildman–Crippen LogP) is 4.38. The maximum Gasteiger partial charge on any atom is 0.435 e. The summed E-state index contributed by atoms with van der Waals surface area (Å²) in [6.07, 6.45) is 1.26. The van der Waals surface area contributed by atoms with Gasteiger partial charge < -0.3 is 10.2 Å². The fourth-order valence-corrected chi connectivity index (χ4v) is 4.85. The second-order valence-corrected chi connectivity index (χ2v) is 10.3. The summed E-state index contributed by atoms with van der Waals surface area (Å²) in [6.45, 7) is 3.89. The molecule has 41 heavy (non-hydrogen) atoms. The molecule has 2 aliphatic rings. The van der Waals surface area contributed by atoms with Crippen LogP contribution in [0.2, 0.25) is 0 Å². The van der Waals surface area contributed by atoms with Gasteiger partial charge in [0.25, 0.3) is 0 Å². The van der Waals surface area contributed by atoms with Crippen LogP contribution in [0.4, 0.5) is 30.8 Å². The number of H-pyrrole nitrogens is 1. The Hall–Kier alpha value is -4.39. The molecule has 212 valence electrons. The molecule has 3 aromatic heterocycles. The van der Waals surface area contributed by atoms with Crippen molar-refractivity contribution in [1.82, 2.24) is 35.0 Å². The summed E-state index contributed by atoms with van der Waals surface area (Å²) in [5, 5.41) is 10.7. The Labute approximate surface area is 234 Å². The molecule has 0 bridgehead atoms. The van der Waals surface area contributed by atoms with E-state index < -0.39 is 23.3 Å². The molecule has 0 amide bonds. The number of aromatic nitrogens is 6. The number of nitrogens with one attached hydrogen (secondary N) is 2. The molecule has 6 rings (SSSR count). The Bertz CT molecular complexity index is 1510. The topological polar surface area (TPSA) is 116 Å². The minimum atomic E-state index is -4.74. The van der Waals surface area contributed by atoms with E-state index in [1.165, 1.54) is 12.8 Å². The van der Waals surface area contributed by atoms with Gasteiger partial charge in [0.2, 0.25) is 5.95 Å². The molecule has 2 N–H and O–H groups in total. The molecule has 10 nitrogen and oxygen atoms in total. The number of piperazine rings is 1. The molecule has 0 unspecified atom stereocenters. The van der Waals surface area contributed by atoms with E-state index in [2.05, 4.69) is 45.2 Å². The predicted molar refractivity (Wildman–Crippen MR) is 145 cm³/mol. The van der Waals surface area contributed by atoms with E-state index in [9.17, 15) is 18.0 Å². The van der Waals surface area contributed by atoms with Gasteiger partial charge in [-0.25, -0.2) is 15.0 Å². The van der Waals surface area contributed by atoms with Crippen molar-refractivity contribution in [2.75, 3.05) is 36.4 Å². The van der Waals surface area contributed by atoms with Crippen LogP contribution in [0.25, 0.3) is 0 Å². The van der Waals surface area contributed by atoms with Gasteiger partial charge in [0.05, 0.1) is 0 Å². The van der Waals surface area contributed by atoms with Gasteiger partial charge in [-0.2, -0.15) is 23.3 Å². The number of benzene rings is 1. The van der Waals surface area contributed by atoms with Gasteiger partial charge in [-0.3, -0.25) is 14.8 Å². The van der Waals surface area contributed by atoms with E-state index in [0.29, 0.717) is 23.2 Å². The van der Waals surface area contributed by atoms with Gasteiger partial charge >= 0.3 is 6.18 Å². The lowest BCUT2D eigenvalue weighted by Gasteiger charge is -2.34. The van der Waals surface area contributed by atoms with Crippen molar-refractivity contribution in [2.24, 2.45) is 0 Å². The van der Waals surface area contributed by atoms with Crippen LogP contribution in [0.3, 0.4) is 0 Å². The second kappa shape index (κ2) is 11.2. The van der Waals surface area contributed by atoms with Crippen LogP contribution in [-0.4, -0.2) is 67.0 Å². The summed E-state index contributed by atoms with van der Waals surface area (Å²) < 4.78 is 39.6. The van der Waals surface area contributed by atoms with Crippen LogP contribution in [0.5, 0.6) is 0 Å². The maximum absolute atomic E-state index is 13.2. The number of halogens is 3. The number of carbonyl (C=O) groups is 1. The Balaban J connectivity index is 1.00. The Morgan fingerprint density at radius 3 is 2.39 bits per heavy atom. The van der Waals surface area contributed by atoms with Crippen molar-refractivity contribution in [3.05, 3.63) is 83.2 Å². The summed E-state index contributed by atoms with van der Waals surface area (Å²) in [7, 11) is 0. The lowest BCUT2D eigenvalue weighted by atomic mass is 10.0. The number of Topliss-reactive ketones (excluding diaryl/α,β-unsaturated/α-hetero) is 1. The van der Waals surface area contributed by atoms with E-state index in [1.807, 2.05) is 24.3 Å². The first kappa shape index (κ1) is 26.8. The van der Waals surface area contributed by atoms with E-state index in [4.69, 9.17) is 0 Å². The number of aromatic amines is 1. The van der Waals surface area contributed by atoms with Crippen LogP contribution in [-0.2, 0) is 19.1 Å². The van der Waals surface area contributed by atoms with Gasteiger partial charge in [0, 0.05) is 75.4 Å². The zero-order chi connectivity index (χ0) is 28.4. The summed E-state index contributed by atoms with van der Waals surface area (Å²) >= 11 is 0. The summed E-state index contributed by atoms with van der Waals surface area (Å²) in [5.41, 5.74) is 0.914. The van der Waals surface area contributed by atoms with Gasteiger partial charge in [0.1, 0.15) is 11.5 Å². The molecule has 13 heteroatoms. The van der Waals surface area contributed by atoms with Crippen molar-refractivity contribution >= 4 is 23.4 Å². The van der Waals surface area contributed by atoms with Crippen molar-refractivity contribution in [3.63, 3.8) is 0 Å². The molecule has 4 aromatic rings. The first-order valence-electron chi connectivity index (χ1n) is 13.4. The number of ketones is 1. The van der Waals surface area contributed by atoms with E-state index >= 15 is 0 Å². The molecular formula is C28H28F3N9O. The van der Waals surface area contributed by atoms with E-state index in [0.717, 1.165) is 62.2 Å². The third kappa shape index (κ3) is 6.51. The first-order valence-corrected chi connectivity index (χ1v) is 13.4. The van der Waals surface area contributed by atoms with E-state index in [1.54, 1.807) is 18.3 Å². The molecule has 1 saturated carbocycles. The summed E-state index contributed by atoms with van der Waals surface area (Å²) in [5.74, 6) is 1.99. The minimum absolute atomic E-state index is 0.184. The lowest BCUT2D eigenvalue weighted by molar-refractivity contribution is -0.141. The van der Waals surface area contributed by atoms with Crippen molar-refractivity contribution < 1.29 is 18.0 Å². The summed E-state index contributed by atoms with van der Waals surface area (Å²) in [6, 6.07) is 11.2. The van der Waals surface area contributed by atoms with E-state index in [-0.39, 0.29) is 6.42 Å². The molecule has 2 fully saturated rings. The van der Waals surface area contributed by atoms with Crippen LogP contribution in [0, 0.1) is 0 Å². The fraction of sp³-hybridized carbons (Fsp3) is 0.357. The molecule has 0 spiro atoms. The molecule has 1 aliphatic heterocycles. The van der Waals surface area contributed by atoms with Crippen LogP contribution in [0.1, 0.15) is 51.8 Å². The molecule has 4 heterocycles.